The molecule has 2 aliphatic rings. The minimum absolute atomic E-state index is 0.164. The van der Waals surface area contributed by atoms with Gasteiger partial charge in [0.25, 0.3) is 0 Å². The summed E-state index contributed by atoms with van der Waals surface area (Å²) in [5.74, 6) is 1.85. The van der Waals surface area contributed by atoms with Crippen LogP contribution in [-0.2, 0) is 11.3 Å². The Kier molecular flexibility index (Phi) is 4.11. The summed E-state index contributed by atoms with van der Waals surface area (Å²) in [6.45, 7) is 3.02. The number of ketones is 1. The Morgan fingerprint density at radius 1 is 1.28 bits per heavy atom. The van der Waals surface area contributed by atoms with E-state index in [1.807, 2.05) is 6.92 Å². The van der Waals surface area contributed by atoms with Crippen LogP contribution in [0.4, 0.5) is 0 Å². The first-order valence-electron chi connectivity index (χ1n) is 7.90. The van der Waals surface area contributed by atoms with Gasteiger partial charge in [0.2, 0.25) is 5.78 Å². The standard InChI is InChI=1S/C19H15ClO5/c1-2-23-14-3-4-15-16(8-14)25-17(18(15)21)7-11-5-13(20)6-12-9-22-10-24-19(11)12/h3-8H,2,9-10H2,1H3. The Morgan fingerprint density at radius 3 is 3.00 bits per heavy atom. The highest BCUT2D eigenvalue weighted by atomic mass is 35.5. The quantitative estimate of drug-likeness (QED) is 0.769. The van der Waals surface area contributed by atoms with Gasteiger partial charge in [-0.25, -0.2) is 0 Å². The normalized spacial score (nSPS) is 16.9. The first-order chi connectivity index (χ1) is 12.2. The molecule has 0 N–H and O–H groups in total. The van der Waals surface area contributed by atoms with Crippen molar-refractivity contribution in [1.29, 1.82) is 0 Å². The van der Waals surface area contributed by atoms with Gasteiger partial charge < -0.3 is 18.9 Å². The lowest BCUT2D eigenvalue weighted by atomic mass is 10.1. The van der Waals surface area contributed by atoms with E-state index < -0.39 is 0 Å². The molecule has 25 heavy (non-hydrogen) atoms. The zero-order valence-electron chi connectivity index (χ0n) is 13.5. The molecule has 4 rings (SSSR count). The summed E-state index contributed by atoms with van der Waals surface area (Å²) in [5, 5.41) is 0.543. The van der Waals surface area contributed by atoms with Crippen molar-refractivity contribution in [2.45, 2.75) is 13.5 Å². The Labute approximate surface area is 149 Å². The fourth-order valence-corrected chi connectivity index (χ4v) is 3.13. The molecule has 0 amide bonds. The van der Waals surface area contributed by atoms with Crippen LogP contribution in [0, 0.1) is 0 Å². The fourth-order valence-electron chi connectivity index (χ4n) is 2.88. The number of Topliss-reactive ketones (excluding diaryl/α,β-unsaturated/α-hetero) is 1. The van der Waals surface area contributed by atoms with Gasteiger partial charge in [0, 0.05) is 22.2 Å². The van der Waals surface area contributed by atoms with Crippen LogP contribution in [0.1, 0.15) is 28.4 Å². The summed E-state index contributed by atoms with van der Waals surface area (Å²) < 4.78 is 22.0. The van der Waals surface area contributed by atoms with Crippen LogP contribution in [-0.4, -0.2) is 19.2 Å². The summed E-state index contributed by atoms with van der Waals surface area (Å²) in [7, 11) is 0. The third-order valence-corrected chi connectivity index (χ3v) is 4.16. The Bertz CT molecular complexity index is 888. The number of benzene rings is 2. The molecule has 0 saturated carbocycles. The van der Waals surface area contributed by atoms with Gasteiger partial charge >= 0.3 is 0 Å². The van der Waals surface area contributed by atoms with Crippen molar-refractivity contribution in [2.75, 3.05) is 13.4 Å². The van der Waals surface area contributed by atoms with E-state index in [4.69, 9.17) is 30.5 Å². The van der Waals surface area contributed by atoms with Crippen molar-refractivity contribution in [2.24, 2.45) is 0 Å². The highest BCUT2D eigenvalue weighted by Gasteiger charge is 2.28. The van der Waals surface area contributed by atoms with Gasteiger partial charge in [0.1, 0.15) is 17.2 Å². The van der Waals surface area contributed by atoms with E-state index in [1.54, 1.807) is 36.4 Å². The zero-order valence-corrected chi connectivity index (χ0v) is 14.3. The predicted molar refractivity (Wildman–Crippen MR) is 92.3 cm³/mol. The van der Waals surface area contributed by atoms with Gasteiger partial charge in [0.15, 0.2) is 12.6 Å². The average molecular weight is 359 g/mol. The number of hydrogen-bond acceptors (Lipinski definition) is 5. The molecule has 128 valence electrons. The van der Waals surface area contributed by atoms with E-state index in [1.165, 1.54) is 0 Å². The monoisotopic (exact) mass is 358 g/mol. The van der Waals surface area contributed by atoms with Gasteiger partial charge in [-0.3, -0.25) is 4.79 Å². The molecule has 0 unspecified atom stereocenters. The summed E-state index contributed by atoms with van der Waals surface area (Å²) in [4.78, 5) is 12.6. The zero-order chi connectivity index (χ0) is 17.4. The number of hydrogen-bond donors (Lipinski definition) is 0. The Hall–Kier alpha value is -2.50. The molecule has 2 aliphatic heterocycles. The number of carbonyl (C=O) groups excluding carboxylic acids is 1. The van der Waals surface area contributed by atoms with Crippen LogP contribution < -0.4 is 14.2 Å². The lowest BCUT2D eigenvalue weighted by Crippen LogP contribution is -2.12. The molecule has 0 aliphatic carbocycles. The highest BCUT2D eigenvalue weighted by molar-refractivity contribution is 6.31. The molecule has 0 radical (unpaired) electrons. The van der Waals surface area contributed by atoms with Crippen LogP contribution in [0.25, 0.3) is 6.08 Å². The molecule has 0 atom stereocenters. The lowest BCUT2D eigenvalue weighted by Gasteiger charge is -2.20. The molecule has 2 heterocycles. The van der Waals surface area contributed by atoms with E-state index in [2.05, 4.69) is 0 Å². The van der Waals surface area contributed by atoms with Gasteiger partial charge in [-0.05, 0) is 37.3 Å². The molecule has 6 heteroatoms. The van der Waals surface area contributed by atoms with Crippen LogP contribution >= 0.6 is 11.6 Å². The maximum absolute atomic E-state index is 12.6. The largest absolute Gasteiger partial charge is 0.494 e. The van der Waals surface area contributed by atoms with Crippen LogP contribution in [0.3, 0.4) is 0 Å². The maximum atomic E-state index is 12.6. The molecule has 0 saturated heterocycles. The van der Waals surface area contributed by atoms with Crippen molar-refractivity contribution >= 4 is 23.5 Å². The van der Waals surface area contributed by atoms with Gasteiger partial charge in [-0.2, -0.15) is 0 Å². The number of carbonyl (C=O) groups is 1. The van der Waals surface area contributed by atoms with Crippen molar-refractivity contribution in [3.05, 3.63) is 57.8 Å². The third kappa shape index (κ3) is 2.97. The number of fused-ring (bicyclic) bond motifs is 2. The van der Waals surface area contributed by atoms with Crippen molar-refractivity contribution < 1.29 is 23.7 Å². The fraction of sp³-hybridized carbons (Fsp3) is 0.211. The summed E-state index contributed by atoms with van der Waals surface area (Å²) >= 11 is 6.17. The smallest absolute Gasteiger partial charge is 0.231 e. The minimum Gasteiger partial charge on any atom is -0.494 e. The van der Waals surface area contributed by atoms with E-state index in [-0.39, 0.29) is 18.3 Å². The molecule has 0 fully saturated rings. The first-order valence-corrected chi connectivity index (χ1v) is 8.27. The second-order valence-electron chi connectivity index (χ2n) is 5.62. The van der Waals surface area contributed by atoms with E-state index in [0.717, 1.165) is 5.56 Å². The summed E-state index contributed by atoms with van der Waals surface area (Å²) in [5.41, 5.74) is 2.04. The predicted octanol–water partition coefficient (Wildman–Crippen LogP) is 4.22. The number of rotatable bonds is 3. The molecular weight excluding hydrogens is 344 g/mol. The van der Waals surface area contributed by atoms with Gasteiger partial charge in [-0.15, -0.1) is 0 Å². The summed E-state index contributed by atoms with van der Waals surface area (Å²) in [6, 6.07) is 8.72. The summed E-state index contributed by atoms with van der Waals surface area (Å²) in [6.07, 6.45) is 1.65. The Balaban J connectivity index is 1.71. The van der Waals surface area contributed by atoms with Crippen molar-refractivity contribution in [3.63, 3.8) is 0 Å². The first kappa shape index (κ1) is 16.0. The van der Waals surface area contributed by atoms with E-state index in [0.29, 0.717) is 46.6 Å². The average Bonchev–Trinajstić information content (AvgIpc) is 2.90. The molecular formula is C19H15ClO5. The van der Waals surface area contributed by atoms with Crippen LogP contribution in [0.15, 0.2) is 36.1 Å². The van der Waals surface area contributed by atoms with Gasteiger partial charge in [0.05, 0.1) is 18.8 Å². The van der Waals surface area contributed by atoms with Crippen LogP contribution in [0.5, 0.6) is 17.2 Å². The molecule has 2 aromatic rings. The minimum atomic E-state index is -0.182. The molecule has 0 bridgehead atoms. The highest BCUT2D eigenvalue weighted by Crippen LogP contribution is 2.37. The van der Waals surface area contributed by atoms with Crippen molar-refractivity contribution in [1.82, 2.24) is 0 Å². The molecule has 0 aromatic heterocycles. The number of allylic oxidation sites excluding steroid dienone is 1. The lowest BCUT2D eigenvalue weighted by molar-refractivity contribution is -0.0165. The maximum Gasteiger partial charge on any atom is 0.231 e. The van der Waals surface area contributed by atoms with Gasteiger partial charge in [-0.1, -0.05) is 11.6 Å². The molecule has 0 spiro atoms. The second kappa shape index (κ2) is 6.43. The Morgan fingerprint density at radius 2 is 2.16 bits per heavy atom. The molecule has 5 nitrogen and oxygen atoms in total. The SMILES string of the molecule is CCOc1ccc2c(c1)OC(=Cc1cc(Cl)cc3c1OCOC3)C2=O. The number of ether oxygens (including phenoxy) is 4. The second-order valence-corrected chi connectivity index (χ2v) is 6.06. The number of halogens is 1. The van der Waals surface area contributed by atoms with Crippen molar-refractivity contribution in [3.8, 4) is 17.2 Å². The topological polar surface area (TPSA) is 54.0 Å². The third-order valence-electron chi connectivity index (χ3n) is 3.94. The van der Waals surface area contributed by atoms with E-state index >= 15 is 0 Å². The molecule has 2 aromatic carbocycles. The van der Waals surface area contributed by atoms with Crippen LogP contribution in [0.2, 0.25) is 5.02 Å². The van der Waals surface area contributed by atoms with E-state index in [9.17, 15) is 4.79 Å².